The normalized spacial score (nSPS) is 10.4. The van der Waals surface area contributed by atoms with Crippen LogP contribution in [0, 0.1) is 13.8 Å². The van der Waals surface area contributed by atoms with E-state index < -0.39 is 0 Å². The number of aryl methyl sites for hydroxylation is 2. The van der Waals surface area contributed by atoms with Gasteiger partial charge in [-0.2, -0.15) is 11.3 Å². The number of rotatable bonds is 3. The third-order valence-electron chi connectivity index (χ3n) is 2.68. The maximum absolute atomic E-state index is 5.72. The van der Waals surface area contributed by atoms with Crippen LogP contribution in [0.2, 0.25) is 0 Å². The van der Waals surface area contributed by atoms with Crippen LogP contribution < -0.4 is 11.1 Å². The van der Waals surface area contributed by atoms with E-state index in [0.717, 1.165) is 17.9 Å². The van der Waals surface area contributed by atoms with Crippen LogP contribution in [0.5, 0.6) is 0 Å². The van der Waals surface area contributed by atoms with Crippen molar-refractivity contribution >= 4 is 22.7 Å². The van der Waals surface area contributed by atoms with Crippen molar-refractivity contribution < 1.29 is 0 Å². The molecule has 0 bridgehead atoms. The van der Waals surface area contributed by atoms with E-state index in [0.29, 0.717) is 0 Å². The first-order chi connectivity index (χ1) is 7.66. The summed E-state index contributed by atoms with van der Waals surface area (Å²) in [6.45, 7) is 5.09. The average Bonchev–Trinajstić information content (AvgIpc) is 2.63. The number of hydrogen-bond donors (Lipinski definition) is 2. The van der Waals surface area contributed by atoms with Gasteiger partial charge in [-0.05, 0) is 59.5 Å². The molecule has 0 saturated heterocycles. The van der Waals surface area contributed by atoms with Crippen molar-refractivity contribution in [3.05, 3.63) is 45.6 Å². The van der Waals surface area contributed by atoms with Crippen LogP contribution in [-0.4, -0.2) is 0 Å². The van der Waals surface area contributed by atoms with Gasteiger partial charge >= 0.3 is 0 Å². The van der Waals surface area contributed by atoms with Gasteiger partial charge in [0.2, 0.25) is 0 Å². The van der Waals surface area contributed by atoms with Crippen molar-refractivity contribution in [3.63, 3.8) is 0 Å². The number of benzene rings is 1. The topological polar surface area (TPSA) is 38.0 Å². The Kier molecular flexibility index (Phi) is 3.15. The minimum Gasteiger partial charge on any atom is -0.399 e. The van der Waals surface area contributed by atoms with Gasteiger partial charge in [0.1, 0.15) is 0 Å². The van der Waals surface area contributed by atoms with E-state index in [2.05, 4.69) is 29.9 Å². The van der Waals surface area contributed by atoms with Crippen LogP contribution >= 0.6 is 11.3 Å². The van der Waals surface area contributed by atoms with Gasteiger partial charge in [-0.25, -0.2) is 0 Å². The molecule has 2 aromatic rings. The highest BCUT2D eigenvalue weighted by Gasteiger charge is 2.01. The Balaban J connectivity index is 2.08. The number of nitrogens with two attached hydrogens (primary N) is 1. The molecule has 0 atom stereocenters. The number of anilines is 2. The molecule has 0 amide bonds. The molecule has 0 unspecified atom stereocenters. The third kappa shape index (κ3) is 2.36. The molecule has 0 aliphatic carbocycles. The maximum atomic E-state index is 5.72. The van der Waals surface area contributed by atoms with Crippen molar-refractivity contribution in [2.24, 2.45) is 0 Å². The van der Waals surface area contributed by atoms with Crippen molar-refractivity contribution in [2.75, 3.05) is 11.1 Å². The lowest BCUT2D eigenvalue weighted by molar-refractivity contribution is 1.13. The summed E-state index contributed by atoms with van der Waals surface area (Å²) in [7, 11) is 0. The molecule has 2 rings (SSSR count). The van der Waals surface area contributed by atoms with Gasteiger partial charge in [0.15, 0.2) is 0 Å². The van der Waals surface area contributed by atoms with E-state index in [4.69, 9.17) is 5.73 Å². The van der Waals surface area contributed by atoms with Gasteiger partial charge in [-0.3, -0.25) is 0 Å². The molecule has 0 radical (unpaired) electrons. The van der Waals surface area contributed by atoms with Crippen molar-refractivity contribution in [2.45, 2.75) is 20.4 Å². The highest BCUT2D eigenvalue weighted by atomic mass is 32.1. The first-order valence-corrected chi connectivity index (χ1v) is 6.23. The molecule has 1 heterocycles. The third-order valence-corrected chi connectivity index (χ3v) is 3.59. The summed E-state index contributed by atoms with van der Waals surface area (Å²) in [4.78, 5) is 0. The van der Waals surface area contributed by atoms with Gasteiger partial charge in [0.25, 0.3) is 0 Å². The highest BCUT2D eigenvalue weighted by molar-refractivity contribution is 7.08. The Bertz CT molecular complexity index is 488. The number of hydrogen-bond acceptors (Lipinski definition) is 3. The predicted molar refractivity (Wildman–Crippen MR) is 72.0 cm³/mol. The molecule has 84 valence electrons. The second-order valence-corrected chi connectivity index (χ2v) is 4.75. The van der Waals surface area contributed by atoms with Crippen LogP contribution in [-0.2, 0) is 6.54 Å². The molecule has 3 N–H and O–H groups in total. The average molecular weight is 232 g/mol. The highest BCUT2D eigenvalue weighted by Crippen LogP contribution is 2.20. The fourth-order valence-electron chi connectivity index (χ4n) is 1.64. The summed E-state index contributed by atoms with van der Waals surface area (Å²) in [6.07, 6.45) is 0. The Labute approximate surface area is 100 Å². The predicted octanol–water partition coefficient (Wildman–Crippen LogP) is 3.56. The zero-order chi connectivity index (χ0) is 11.5. The van der Waals surface area contributed by atoms with Crippen LogP contribution in [0.1, 0.15) is 16.7 Å². The fraction of sp³-hybridized carbons (Fsp3) is 0.231. The van der Waals surface area contributed by atoms with E-state index >= 15 is 0 Å². The van der Waals surface area contributed by atoms with Crippen LogP contribution in [0.15, 0.2) is 29.0 Å². The maximum Gasteiger partial charge on any atom is 0.0411 e. The van der Waals surface area contributed by atoms with Crippen LogP contribution in [0.3, 0.4) is 0 Å². The molecule has 0 saturated carbocycles. The summed E-state index contributed by atoms with van der Waals surface area (Å²) in [5.41, 5.74) is 11.6. The van der Waals surface area contributed by atoms with Gasteiger partial charge in [0, 0.05) is 17.9 Å². The molecule has 3 heteroatoms. The van der Waals surface area contributed by atoms with E-state index in [1.165, 1.54) is 16.7 Å². The summed E-state index contributed by atoms with van der Waals surface area (Å²) in [5, 5.41) is 7.80. The number of nitrogens with one attached hydrogen (secondary N) is 1. The second-order valence-electron chi connectivity index (χ2n) is 4.01. The first-order valence-electron chi connectivity index (χ1n) is 5.28. The molecule has 1 aromatic heterocycles. The molecule has 2 nitrogen and oxygen atoms in total. The fourth-order valence-corrected chi connectivity index (χ4v) is 2.50. The monoisotopic (exact) mass is 232 g/mol. The number of nitrogen functional groups attached to an aromatic ring is 1. The molecular formula is C13H16N2S. The minimum absolute atomic E-state index is 0.815. The quantitative estimate of drug-likeness (QED) is 0.794. The van der Waals surface area contributed by atoms with Crippen LogP contribution in [0.25, 0.3) is 0 Å². The van der Waals surface area contributed by atoms with Gasteiger partial charge in [-0.1, -0.05) is 0 Å². The first kappa shape index (κ1) is 11.0. The van der Waals surface area contributed by atoms with E-state index in [1.807, 2.05) is 18.2 Å². The summed E-state index contributed by atoms with van der Waals surface area (Å²) >= 11 is 1.75. The van der Waals surface area contributed by atoms with E-state index in [1.54, 1.807) is 11.3 Å². The number of thiophene rings is 1. The Morgan fingerprint density at radius 3 is 2.62 bits per heavy atom. The standard InChI is InChI=1S/C13H16N2S/c1-9-5-12(14)3-4-13(9)15-6-11-8-16-7-10(11)2/h3-5,7-8,15H,6,14H2,1-2H3. The molecule has 0 aliphatic heterocycles. The molecule has 1 aromatic carbocycles. The van der Waals surface area contributed by atoms with E-state index in [-0.39, 0.29) is 0 Å². The lowest BCUT2D eigenvalue weighted by Crippen LogP contribution is -2.01. The molecule has 0 aliphatic rings. The molecule has 0 spiro atoms. The SMILES string of the molecule is Cc1cscc1CNc1ccc(N)cc1C. The zero-order valence-corrected chi connectivity index (χ0v) is 10.4. The molecular weight excluding hydrogens is 216 g/mol. The van der Waals surface area contributed by atoms with Gasteiger partial charge < -0.3 is 11.1 Å². The van der Waals surface area contributed by atoms with Crippen molar-refractivity contribution in [1.82, 2.24) is 0 Å². The lowest BCUT2D eigenvalue weighted by atomic mass is 10.1. The summed E-state index contributed by atoms with van der Waals surface area (Å²) in [5.74, 6) is 0. The van der Waals surface area contributed by atoms with Crippen LogP contribution in [0.4, 0.5) is 11.4 Å². The Morgan fingerprint density at radius 1 is 1.19 bits per heavy atom. The largest absolute Gasteiger partial charge is 0.399 e. The van der Waals surface area contributed by atoms with Crippen molar-refractivity contribution in [3.8, 4) is 0 Å². The Morgan fingerprint density at radius 2 is 2.00 bits per heavy atom. The minimum atomic E-state index is 0.815. The zero-order valence-electron chi connectivity index (χ0n) is 9.58. The lowest BCUT2D eigenvalue weighted by Gasteiger charge is -2.09. The summed E-state index contributed by atoms with van der Waals surface area (Å²) < 4.78 is 0. The van der Waals surface area contributed by atoms with Gasteiger partial charge in [0.05, 0.1) is 0 Å². The molecule has 0 fully saturated rings. The van der Waals surface area contributed by atoms with Crippen molar-refractivity contribution in [1.29, 1.82) is 0 Å². The Hall–Kier alpha value is -1.48. The van der Waals surface area contributed by atoms with E-state index in [9.17, 15) is 0 Å². The smallest absolute Gasteiger partial charge is 0.0411 e. The second kappa shape index (κ2) is 4.58. The van der Waals surface area contributed by atoms with Gasteiger partial charge in [-0.15, -0.1) is 0 Å². The summed E-state index contributed by atoms with van der Waals surface area (Å²) in [6, 6.07) is 5.95. The molecule has 16 heavy (non-hydrogen) atoms.